The number of carbonyl (C=O) groups is 1. The number of ether oxygens (including phenoxy) is 2. The summed E-state index contributed by atoms with van der Waals surface area (Å²) in [7, 11) is 0. The van der Waals surface area contributed by atoms with E-state index in [0.29, 0.717) is 43.1 Å². The van der Waals surface area contributed by atoms with Crippen molar-refractivity contribution in [1.29, 1.82) is 0 Å². The zero-order valence-corrected chi connectivity index (χ0v) is 9.81. The van der Waals surface area contributed by atoms with Crippen molar-refractivity contribution in [1.82, 2.24) is 0 Å². The van der Waals surface area contributed by atoms with E-state index in [1.807, 2.05) is 0 Å². The van der Waals surface area contributed by atoms with Gasteiger partial charge in [0.05, 0.1) is 18.8 Å². The third kappa shape index (κ3) is 1.50. The molecule has 1 aromatic rings. The van der Waals surface area contributed by atoms with Gasteiger partial charge in [-0.15, -0.1) is 0 Å². The topological polar surface area (TPSA) is 76.0 Å². The molecular weight excluding hydrogens is 236 g/mol. The van der Waals surface area contributed by atoms with Crippen LogP contribution >= 0.6 is 0 Å². The van der Waals surface area contributed by atoms with Crippen LogP contribution < -0.4 is 9.47 Å². The lowest BCUT2D eigenvalue weighted by Crippen LogP contribution is -2.21. The van der Waals surface area contributed by atoms with Crippen LogP contribution in [0, 0.1) is 0 Å². The number of aromatic hydroxyl groups is 1. The molecule has 0 spiro atoms. The van der Waals surface area contributed by atoms with Gasteiger partial charge in [-0.1, -0.05) is 0 Å². The van der Waals surface area contributed by atoms with E-state index >= 15 is 0 Å². The fourth-order valence-electron chi connectivity index (χ4n) is 2.38. The van der Waals surface area contributed by atoms with Crippen LogP contribution in [0.15, 0.2) is 12.1 Å². The fourth-order valence-corrected chi connectivity index (χ4v) is 2.38. The molecule has 18 heavy (non-hydrogen) atoms. The van der Waals surface area contributed by atoms with Crippen LogP contribution in [0.25, 0.3) is 0 Å². The van der Waals surface area contributed by atoms with E-state index in [-0.39, 0.29) is 5.75 Å². The van der Waals surface area contributed by atoms with Crippen LogP contribution in [-0.4, -0.2) is 29.4 Å². The summed E-state index contributed by atoms with van der Waals surface area (Å²) in [6.07, 6.45) is 1.79. The van der Waals surface area contributed by atoms with E-state index in [1.54, 1.807) is 6.07 Å². The fraction of sp³-hybridized carbons (Fsp3) is 0.462. The second kappa shape index (κ2) is 3.80. The van der Waals surface area contributed by atoms with Crippen molar-refractivity contribution in [3.63, 3.8) is 0 Å². The third-order valence-corrected chi connectivity index (χ3v) is 3.53. The molecule has 0 unspecified atom stereocenters. The van der Waals surface area contributed by atoms with Crippen molar-refractivity contribution in [2.24, 2.45) is 0 Å². The lowest BCUT2D eigenvalue weighted by atomic mass is 9.93. The quantitative estimate of drug-likeness (QED) is 0.835. The van der Waals surface area contributed by atoms with E-state index in [2.05, 4.69) is 0 Å². The Morgan fingerprint density at radius 3 is 2.61 bits per heavy atom. The van der Waals surface area contributed by atoms with Crippen molar-refractivity contribution in [3.8, 4) is 17.2 Å². The van der Waals surface area contributed by atoms with Gasteiger partial charge in [0.25, 0.3) is 0 Å². The standard InChI is InChI=1S/C13H14O5/c14-8-2-3-9-11(18-7-1-6-17-9)10(8)13(4-5-13)12(15)16/h2-3,14H,1,4-7H2,(H,15,16). The molecule has 1 fully saturated rings. The van der Waals surface area contributed by atoms with Gasteiger partial charge >= 0.3 is 5.97 Å². The number of aliphatic carboxylic acids is 1. The van der Waals surface area contributed by atoms with Gasteiger partial charge in [0.15, 0.2) is 11.5 Å². The Morgan fingerprint density at radius 2 is 1.94 bits per heavy atom. The maximum Gasteiger partial charge on any atom is 0.314 e. The molecule has 1 aliphatic heterocycles. The molecule has 5 heteroatoms. The number of rotatable bonds is 2. The lowest BCUT2D eigenvalue weighted by molar-refractivity contribution is -0.140. The highest BCUT2D eigenvalue weighted by Gasteiger charge is 2.55. The lowest BCUT2D eigenvalue weighted by Gasteiger charge is -2.18. The number of fused-ring (bicyclic) bond motifs is 1. The van der Waals surface area contributed by atoms with E-state index in [4.69, 9.17) is 9.47 Å². The van der Waals surface area contributed by atoms with Gasteiger partial charge in [-0.3, -0.25) is 4.79 Å². The summed E-state index contributed by atoms with van der Waals surface area (Å²) in [6.45, 7) is 1.01. The molecule has 96 valence electrons. The summed E-state index contributed by atoms with van der Waals surface area (Å²) in [5.74, 6) is -0.0292. The zero-order chi connectivity index (χ0) is 12.8. The molecule has 2 aliphatic rings. The molecule has 2 N–H and O–H groups in total. The predicted molar refractivity (Wildman–Crippen MR) is 62.3 cm³/mol. The molecule has 0 amide bonds. The van der Waals surface area contributed by atoms with Crippen molar-refractivity contribution in [2.45, 2.75) is 24.7 Å². The molecule has 0 radical (unpaired) electrons. The highest BCUT2D eigenvalue weighted by molar-refractivity contribution is 5.87. The maximum absolute atomic E-state index is 11.4. The maximum atomic E-state index is 11.4. The van der Waals surface area contributed by atoms with Gasteiger partial charge in [0.2, 0.25) is 0 Å². The SMILES string of the molecule is O=C(O)C1(c2c(O)ccc3c2OCCCO3)CC1. The molecule has 1 saturated carbocycles. The first kappa shape index (κ1) is 11.2. The average Bonchev–Trinajstić information content (AvgIpc) is 3.12. The molecule has 0 aromatic heterocycles. The highest BCUT2D eigenvalue weighted by atomic mass is 16.5. The molecule has 0 atom stereocenters. The minimum Gasteiger partial charge on any atom is -0.507 e. The number of carboxylic acids is 1. The van der Waals surface area contributed by atoms with Crippen molar-refractivity contribution in [3.05, 3.63) is 17.7 Å². The van der Waals surface area contributed by atoms with Crippen LogP contribution in [-0.2, 0) is 10.2 Å². The monoisotopic (exact) mass is 250 g/mol. The van der Waals surface area contributed by atoms with Gasteiger partial charge in [-0.05, 0) is 25.0 Å². The van der Waals surface area contributed by atoms with Crippen molar-refractivity contribution >= 4 is 5.97 Å². The average molecular weight is 250 g/mol. The molecular formula is C13H14O5. The first-order valence-electron chi connectivity index (χ1n) is 6.00. The summed E-state index contributed by atoms with van der Waals surface area (Å²) >= 11 is 0. The minimum atomic E-state index is -0.997. The number of hydrogen-bond donors (Lipinski definition) is 2. The first-order chi connectivity index (χ1) is 8.65. The van der Waals surface area contributed by atoms with Gasteiger partial charge < -0.3 is 19.7 Å². The number of carboxylic acid groups (broad SMARTS) is 1. The Labute approximate surface area is 104 Å². The molecule has 0 bridgehead atoms. The van der Waals surface area contributed by atoms with Crippen LogP contribution in [0.4, 0.5) is 0 Å². The van der Waals surface area contributed by atoms with Crippen LogP contribution in [0.5, 0.6) is 17.2 Å². The van der Waals surface area contributed by atoms with Crippen LogP contribution in [0.3, 0.4) is 0 Å². The Kier molecular flexibility index (Phi) is 2.36. The van der Waals surface area contributed by atoms with Crippen molar-refractivity contribution < 1.29 is 24.5 Å². The summed E-state index contributed by atoms with van der Waals surface area (Å²) in [5.41, 5.74) is -0.627. The van der Waals surface area contributed by atoms with Gasteiger partial charge in [-0.2, -0.15) is 0 Å². The zero-order valence-electron chi connectivity index (χ0n) is 9.81. The number of phenolic OH excluding ortho intramolecular Hbond substituents is 1. The summed E-state index contributed by atoms with van der Waals surface area (Å²) in [5, 5.41) is 19.3. The van der Waals surface area contributed by atoms with E-state index in [1.165, 1.54) is 6.07 Å². The Morgan fingerprint density at radius 1 is 1.22 bits per heavy atom. The Balaban J connectivity index is 2.16. The molecule has 3 rings (SSSR count). The Bertz CT molecular complexity index is 504. The van der Waals surface area contributed by atoms with Gasteiger partial charge in [0, 0.05) is 6.42 Å². The van der Waals surface area contributed by atoms with Gasteiger partial charge in [-0.25, -0.2) is 0 Å². The third-order valence-electron chi connectivity index (χ3n) is 3.53. The van der Waals surface area contributed by atoms with E-state index in [9.17, 15) is 15.0 Å². The van der Waals surface area contributed by atoms with E-state index < -0.39 is 11.4 Å². The largest absolute Gasteiger partial charge is 0.507 e. The highest BCUT2D eigenvalue weighted by Crippen LogP contribution is 2.57. The van der Waals surface area contributed by atoms with Crippen molar-refractivity contribution in [2.75, 3.05) is 13.2 Å². The number of benzene rings is 1. The van der Waals surface area contributed by atoms with Gasteiger partial charge in [0.1, 0.15) is 11.2 Å². The summed E-state index contributed by atoms with van der Waals surface area (Å²) in [6, 6.07) is 3.10. The normalized spacial score (nSPS) is 20.0. The number of hydrogen-bond acceptors (Lipinski definition) is 4. The summed E-state index contributed by atoms with van der Waals surface area (Å²) in [4.78, 5) is 11.4. The smallest absolute Gasteiger partial charge is 0.314 e. The minimum absolute atomic E-state index is 0.0286. The van der Waals surface area contributed by atoms with E-state index in [0.717, 1.165) is 6.42 Å². The molecule has 0 saturated heterocycles. The second-order valence-electron chi connectivity index (χ2n) is 4.72. The second-order valence-corrected chi connectivity index (χ2v) is 4.72. The first-order valence-corrected chi connectivity index (χ1v) is 6.00. The molecule has 5 nitrogen and oxygen atoms in total. The van der Waals surface area contributed by atoms with Crippen LogP contribution in [0.2, 0.25) is 0 Å². The van der Waals surface area contributed by atoms with Crippen LogP contribution in [0.1, 0.15) is 24.8 Å². The molecule has 1 heterocycles. The Hall–Kier alpha value is -1.91. The molecule has 1 aromatic carbocycles. The predicted octanol–water partition coefficient (Wildman–Crippen LogP) is 1.67. The number of phenols is 1. The molecule has 1 aliphatic carbocycles. The summed E-state index contributed by atoms with van der Waals surface area (Å²) < 4.78 is 11.1.